The Hall–Kier alpha value is -3.51. The summed E-state index contributed by atoms with van der Waals surface area (Å²) in [7, 11) is 0. The van der Waals surface area contributed by atoms with Crippen LogP contribution < -0.4 is 15.5 Å². The standard InChI is InChI=1S/C18H20ClN3O2.C8H8O/c1-12-2-3-13(19)10-17(12)22-8-6-21(7-9-22)16-5-4-14(20)11-15(16)18(23)24;1-7-2-4-8(6-9)5-3-7/h2-5,10-11H,6-9,20H2,1H3,(H,23,24);2-6H,1H3. The number of carboxylic acid groups (broad SMARTS) is 1. The third kappa shape index (κ3) is 6.26. The molecule has 33 heavy (non-hydrogen) atoms. The van der Waals surface area contributed by atoms with Gasteiger partial charge in [-0.15, -0.1) is 0 Å². The lowest BCUT2D eigenvalue weighted by Crippen LogP contribution is -2.47. The highest BCUT2D eigenvalue weighted by molar-refractivity contribution is 6.30. The Bertz CT molecular complexity index is 1120. The maximum atomic E-state index is 11.5. The number of aryl methyl sites for hydroxylation is 2. The average Bonchev–Trinajstić information content (AvgIpc) is 2.82. The number of anilines is 3. The van der Waals surface area contributed by atoms with Crippen molar-refractivity contribution < 1.29 is 14.7 Å². The number of carbonyl (C=O) groups excluding carboxylic acids is 1. The van der Waals surface area contributed by atoms with Crippen LogP contribution in [0.4, 0.5) is 17.1 Å². The van der Waals surface area contributed by atoms with Gasteiger partial charge in [0.05, 0.1) is 11.3 Å². The molecule has 7 heteroatoms. The van der Waals surface area contributed by atoms with Crippen LogP contribution in [0.15, 0.2) is 60.7 Å². The molecule has 0 spiro atoms. The Morgan fingerprint density at radius 2 is 1.52 bits per heavy atom. The number of nitrogen functional groups attached to an aromatic ring is 1. The molecule has 0 radical (unpaired) electrons. The van der Waals surface area contributed by atoms with Crippen LogP contribution in [0, 0.1) is 13.8 Å². The van der Waals surface area contributed by atoms with Crippen molar-refractivity contribution in [3.63, 3.8) is 0 Å². The summed E-state index contributed by atoms with van der Waals surface area (Å²) in [5, 5.41) is 10.1. The van der Waals surface area contributed by atoms with Crippen molar-refractivity contribution in [1.29, 1.82) is 0 Å². The normalized spacial score (nSPS) is 13.2. The second-order valence-electron chi connectivity index (χ2n) is 8.02. The molecule has 1 aliphatic heterocycles. The fourth-order valence-corrected chi connectivity index (χ4v) is 3.92. The maximum absolute atomic E-state index is 11.5. The highest BCUT2D eigenvalue weighted by Crippen LogP contribution is 2.28. The van der Waals surface area contributed by atoms with Crippen molar-refractivity contribution in [2.45, 2.75) is 13.8 Å². The Kier molecular flexibility index (Phi) is 7.96. The zero-order valence-corrected chi connectivity index (χ0v) is 19.5. The molecule has 1 heterocycles. The lowest BCUT2D eigenvalue weighted by Gasteiger charge is -2.38. The molecule has 1 saturated heterocycles. The highest BCUT2D eigenvalue weighted by Gasteiger charge is 2.22. The molecule has 172 valence electrons. The zero-order valence-electron chi connectivity index (χ0n) is 18.8. The molecule has 0 aromatic heterocycles. The molecule has 6 nitrogen and oxygen atoms in total. The van der Waals surface area contributed by atoms with Crippen LogP contribution in [0.5, 0.6) is 0 Å². The van der Waals surface area contributed by atoms with E-state index in [1.165, 1.54) is 17.2 Å². The summed E-state index contributed by atoms with van der Waals surface area (Å²) in [5.41, 5.74) is 11.4. The third-order valence-electron chi connectivity index (χ3n) is 5.60. The summed E-state index contributed by atoms with van der Waals surface area (Å²) in [5.74, 6) is -0.953. The molecule has 0 amide bonds. The summed E-state index contributed by atoms with van der Waals surface area (Å²) in [6.45, 7) is 7.18. The molecule has 0 saturated carbocycles. The van der Waals surface area contributed by atoms with Crippen LogP contribution in [-0.2, 0) is 0 Å². The largest absolute Gasteiger partial charge is 0.478 e. The number of carbonyl (C=O) groups is 2. The molecule has 0 atom stereocenters. The minimum Gasteiger partial charge on any atom is -0.478 e. The van der Waals surface area contributed by atoms with Crippen LogP contribution in [0.25, 0.3) is 0 Å². The number of piperazine rings is 1. The number of hydrogen-bond donors (Lipinski definition) is 2. The molecule has 1 aliphatic rings. The first-order chi connectivity index (χ1) is 15.8. The van der Waals surface area contributed by atoms with Gasteiger partial charge in [0.2, 0.25) is 0 Å². The van der Waals surface area contributed by atoms with Crippen LogP contribution in [-0.4, -0.2) is 43.5 Å². The van der Waals surface area contributed by atoms with Gasteiger partial charge in [0.25, 0.3) is 0 Å². The quantitative estimate of drug-likeness (QED) is 0.413. The van der Waals surface area contributed by atoms with Crippen LogP contribution in [0.1, 0.15) is 31.8 Å². The lowest BCUT2D eigenvalue weighted by atomic mass is 10.1. The Morgan fingerprint density at radius 1 is 0.909 bits per heavy atom. The second-order valence-corrected chi connectivity index (χ2v) is 8.45. The van der Waals surface area contributed by atoms with Gasteiger partial charge in [-0.1, -0.05) is 47.5 Å². The van der Waals surface area contributed by atoms with Crippen molar-refractivity contribution >= 4 is 40.9 Å². The topological polar surface area (TPSA) is 86.9 Å². The van der Waals surface area contributed by atoms with Crippen LogP contribution in [0.3, 0.4) is 0 Å². The predicted molar refractivity (Wildman–Crippen MR) is 135 cm³/mol. The highest BCUT2D eigenvalue weighted by atomic mass is 35.5. The summed E-state index contributed by atoms with van der Waals surface area (Å²) < 4.78 is 0. The van der Waals surface area contributed by atoms with Crippen molar-refractivity contribution in [1.82, 2.24) is 0 Å². The Labute approximate surface area is 199 Å². The monoisotopic (exact) mass is 465 g/mol. The van der Waals surface area contributed by atoms with Gasteiger partial charge < -0.3 is 20.6 Å². The molecule has 1 fully saturated rings. The summed E-state index contributed by atoms with van der Waals surface area (Å²) in [4.78, 5) is 26.0. The minimum absolute atomic E-state index is 0.252. The van der Waals surface area contributed by atoms with E-state index < -0.39 is 5.97 Å². The van der Waals surface area contributed by atoms with Gasteiger partial charge in [0.15, 0.2) is 0 Å². The number of nitrogens with two attached hydrogens (primary N) is 1. The first-order valence-electron chi connectivity index (χ1n) is 10.7. The number of carboxylic acids is 1. The number of aldehydes is 1. The molecular formula is C26H28ClN3O3. The molecule has 0 bridgehead atoms. The summed E-state index contributed by atoms with van der Waals surface area (Å²) in [6.07, 6.45) is 0.847. The fourth-order valence-electron chi connectivity index (χ4n) is 3.76. The van der Waals surface area contributed by atoms with Gasteiger partial charge in [-0.2, -0.15) is 0 Å². The van der Waals surface area contributed by atoms with Gasteiger partial charge >= 0.3 is 5.97 Å². The number of hydrogen-bond acceptors (Lipinski definition) is 5. The smallest absolute Gasteiger partial charge is 0.337 e. The number of aromatic carboxylic acids is 1. The number of rotatable bonds is 4. The van der Waals surface area contributed by atoms with E-state index in [0.29, 0.717) is 5.69 Å². The van der Waals surface area contributed by atoms with Crippen molar-refractivity contribution in [2.75, 3.05) is 41.7 Å². The Morgan fingerprint density at radius 3 is 2.09 bits per heavy atom. The van der Waals surface area contributed by atoms with E-state index in [-0.39, 0.29) is 5.56 Å². The van der Waals surface area contributed by atoms with E-state index >= 15 is 0 Å². The number of halogens is 1. The van der Waals surface area contributed by atoms with Crippen molar-refractivity contribution in [3.05, 3.63) is 87.9 Å². The molecule has 3 aromatic carbocycles. The molecule has 3 aromatic rings. The van der Waals surface area contributed by atoms with E-state index in [0.717, 1.165) is 54.4 Å². The van der Waals surface area contributed by atoms with Gasteiger partial charge in [-0.25, -0.2) is 4.79 Å². The fraction of sp³-hybridized carbons (Fsp3) is 0.231. The molecule has 4 rings (SSSR count). The van der Waals surface area contributed by atoms with E-state index in [9.17, 15) is 14.7 Å². The zero-order chi connectivity index (χ0) is 24.0. The van der Waals surface area contributed by atoms with E-state index in [2.05, 4.69) is 16.7 Å². The van der Waals surface area contributed by atoms with E-state index in [4.69, 9.17) is 17.3 Å². The van der Waals surface area contributed by atoms with Gasteiger partial charge in [0, 0.05) is 48.1 Å². The van der Waals surface area contributed by atoms with Crippen molar-refractivity contribution in [3.8, 4) is 0 Å². The first kappa shape index (κ1) is 24.1. The maximum Gasteiger partial charge on any atom is 0.337 e. The Balaban J connectivity index is 0.000000286. The van der Waals surface area contributed by atoms with E-state index in [1.807, 2.05) is 49.4 Å². The predicted octanol–water partition coefficient (Wildman–Crippen LogP) is 5.06. The number of benzene rings is 3. The lowest BCUT2D eigenvalue weighted by molar-refractivity contribution is 0.0697. The van der Waals surface area contributed by atoms with Crippen LogP contribution >= 0.6 is 11.6 Å². The van der Waals surface area contributed by atoms with Crippen molar-refractivity contribution in [2.24, 2.45) is 0 Å². The van der Waals surface area contributed by atoms with Gasteiger partial charge in [0.1, 0.15) is 6.29 Å². The molecular weight excluding hydrogens is 438 g/mol. The van der Waals surface area contributed by atoms with Gasteiger partial charge in [-0.05, 0) is 49.7 Å². The third-order valence-corrected chi connectivity index (χ3v) is 5.83. The average molecular weight is 466 g/mol. The van der Waals surface area contributed by atoms with Gasteiger partial charge in [-0.3, -0.25) is 4.79 Å². The second kappa shape index (κ2) is 10.9. The van der Waals surface area contributed by atoms with Crippen LogP contribution in [0.2, 0.25) is 5.02 Å². The first-order valence-corrected chi connectivity index (χ1v) is 11.1. The summed E-state index contributed by atoms with van der Waals surface area (Å²) in [6, 6.07) is 18.4. The molecule has 0 aliphatic carbocycles. The van der Waals surface area contributed by atoms with E-state index in [1.54, 1.807) is 12.1 Å². The SMILES string of the molecule is Cc1ccc(C=O)cc1.Cc1ccc(Cl)cc1N1CCN(c2ccc(N)cc2C(=O)O)CC1. The molecule has 0 unspecified atom stereocenters. The number of nitrogens with zero attached hydrogens (tertiary/aromatic N) is 2. The summed E-state index contributed by atoms with van der Waals surface area (Å²) >= 11 is 6.12. The molecule has 3 N–H and O–H groups in total. The minimum atomic E-state index is -0.953.